The molecule has 0 saturated heterocycles. The van der Waals surface area contributed by atoms with Crippen LogP contribution in [-0.2, 0) is 14.8 Å². The first kappa shape index (κ1) is 18.7. The van der Waals surface area contributed by atoms with Gasteiger partial charge in [-0.25, -0.2) is 18.4 Å². The van der Waals surface area contributed by atoms with Crippen LogP contribution < -0.4 is 9.62 Å². The summed E-state index contributed by atoms with van der Waals surface area (Å²) in [4.78, 5) is 20.5. The number of sulfonamides is 1. The fourth-order valence-electron chi connectivity index (χ4n) is 2.69. The first-order chi connectivity index (χ1) is 12.2. The highest BCUT2D eigenvalue weighted by Gasteiger charge is 2.34. The topological polar surface area (TPSA) is 92.3 Å². The maximum atomic E-state index is 12.7. The number of amides is 1. The number of aromatic nitrogens is 2. The lowest BCUT2D eigenvalue weighted by atomic mass is 10.1. The number of carbonyl (C=O) groups excluding carboxylic acids is 1. The molecule has 0 fully saturated rings. The quantitative estimate of drug-likeness (QED) is 0.633. The van der Waals surface area contributed by atoms with Crippen LogP contribution in [0.4, 0.5) is 5.69 Å². The standard InChI is InChI=1S/C17H20N4O3S2/c1-10(2)19-15(22)9-25-17-18-8-14-16(20-17)12-7-11(3)5-6-13(12)21(4)26(14,23)24/h5-8,10H,9H2,1-4H3,(H,19,22). The molecule has 0 saturated carbocycles. The van der Waals surface area contributed by atoms with E-state index < -0.39 is 10.0 Å². The molecule has 3 rings (SSSR count). The van der Waals surface area contributed by atoms with Crippen LogP contribution in [0.2, 0.25) is 0 Å². The molecule has 0 bridgehead atoms. The summed E-state index contributed by atoms with van der Waals surface area (Å²) in [6.45, 7) is 5.72. The molecule has 2 heterocycles. The van der Waals surface area contributed by atoms with E-state index in [0.717, 1.165) is 11.1 Å². The highest BCUT2D eigenvalue weighted by molar-refractivity contribution is 7.99. The molecular formula is C17H20N4O3S2. The molecule has 0 radical (unpaired) electrons. The van der Waals surface area contributed by atoms with Crippen LogP contribution in [0.25, 0.3) is 11.3 Å². The summed E-state index contributed by atoms with van der Waals surface area (Å²) in [7, 11) is -2.17. The third-order valence-electron chi connectivity index (χ3n) is 3.90. The summed E-state index contributed by atoms with van der Waals surface area (Å²) in [6.07, 6.45) is 1.32. The highest BCUT2D eigenvalue weighted by atomic mass is 32.2. The molecule has 0 atom stereocenters. The maximum absolute atomic E-state index is 12.7. The Bertz CT molecular complexity index is 974. The molecule has 1 aliphatic rings. The average molecular weight is 393 g/mol. The number of rotatable bonds is 4. The number of aryl methyl sites for hydroxylation is 1. The molecule has 26 heavy (non-hydrogen) atoms. The van der Waals surface area contributed by atoms with E-state index in [1.807, 2.05) is 32.9 Å². The van der Waals surface area contributed by atoms with Gasteiger partial charge in [0, 0.05) is 18.7 Å². The van der Waals surface area contributed by atoms with Crippen molar-refractivity contribution in [1.29, 1.82) is 0 Å². The molecule has 138 valence electrons. The van der Waals surface area contributed by atoms with Gasteiger partial charge in [-0.05, 0) is 32.9 Å². The maximum Gasteiger partial charge on any atom is 0.267 e. The number of benzene rings is 1. The molecule has 1 aromatic heterocycles. The normalized spacial score (nSPS) is 14.7. The van der Waals surface area contributed by atoms with E-state index >= 15 is 0 Å². The van der Waals surface area contributed by atoms with Crippen molar-refractivity contribution < 1.29 is 13.2 Å². The largest absolute Gasteiger partial charge is 0.353 e. The number of nitrogens with zero attached hydrogens (tertiary/aromatic N) is 3. The van der Waals surface area contributed by atoms with Gasteiger partial charge in [-0.2, -0.15) is 0 Å². The zero-order chi connectivity index (χ0) is 19.1. The zero-order valence-corrected chi connectivity index (χ0v) is 16.6. The Balaban J connectivity index is 2.00. The number of thioether (sulfide) groups is 1. The minimum Gasteiger partial charge on any atom is -0.353 e. The summed E-state index contributed by atoms with van der Waals surface area (Å²) < 4.78 is 26.7. The van der Waals surface area contributed by atoms with Crippen molar-refractivity contribution in [2.45, 2.75) is 36.9 Å². The Labute approximate surface area is 157 Å². The highest BCUT2D eigenvalue weighted by Crippen LogP contribution is 2.41. The van der Waals surface area contributed by atoms with E-state index in [2.05, 4.69) is 15.3 Å². The third-order valence-corrected chi connectivity index (χ3v) is 6.53. The molecular weight excluding hydrogens is 372 g/mol. The van der Waals surface area contributed by atoms with Gasteiger partial charge in [0.1, 0.15) is 4.90 Å². The fraction of sp³-hybridized carbons (Fsp3) is 0.353. The smallest absolute Gasteiger partial charge is 0.267 e. The van der Waals surface area contributed by atoms with E-state index in [0.29, 0.717) is 16.5 Å². The Morgan fingerprint density at radius 1 is 1.35 bits per heavy atom. The molecule has 9 heteroatoms. The van der Waals surface area contributed by atoms with Crippen LogP contribution in [-0.4, -0.2) is 43.1 Å². The molecule has 0 unspecified atom stereocenters. The van der Waals surface area contributed by atoms with Crippen LogP contribution in [0.1, 0.15) is 19.4 Å². The van der Waals surface area contributed by atoms with E-state index in [1.54, 1.807) is 6.07 Å². The molecule has 1 aliphatic heterocycles. The molecule has 1 N–H and O–H groups in total. The van der Waals surface area contributed by atoms with Crippen LogP contribution in [0.3, 0.4) is 0 Å². The van der Waals surface area contributed by atoms with Gasteiger partial charge in [-0.15, -0.1) is 0 Å². The van der Waals surface area contributed by atoms with Crippen molar-refractivity contribution in [2.75, 3.05) is 17.1 Å². The second-order valence-electron chi connectivity index (χ2n) is 6.37. The lowest BCUT2D eigenvalue weighted by Gasteiger charge is -2.28. The molecule has 0 spiro atoms. The Morgan fingerprint density at radius 2 is 2.08 bits per heavy atom. The van der Waals surface area contributed by atoms with Crippen molar-refractivity contribution in [3.8, 4) is 11.3 Å². The van der Waals surface area contributed by atoms with Gasteiger partial charge in [-0.3, -0.25) is 9.10 Å². The van der Waals surface area contributed by atoms with E-state index in [4.69, 9.17) is 0 Å². The van der Waals surface area contributed by atoms with Crippen LogP contribution in [0.15, 0.2) is 34.4 Å². The molecule has 7 nitrogen and oxygen atoms in total. The zero-order valence-electron chi connectivity index (χ0n) is 15.0. The molecule has 0 aliphatic carbocycles. The van der Waals surface area contributed by atoms with Crippen molar-refractivity contribution in [1.82, 2.24) is 15.3 Å². The van der Waals surface area contributed by atoms with Gasteiger partial charge in [0.05, 0.1) is 23.3 Å². The van der Waals surface area contributed by atoms with Crippen molar-refractivity contribution in [3.63, 3.8) is 0 Å². The summed E-state index contributed by atoms with van der Waals surface area (Å²) in [5.74, 6) is 0.0551. The summed E-state index contributed by atoms with van der Waals surface area (Å²) in [5.41, 5.74) is 2.71. The first-order valence-corrected chi connectivity index (χ1v) is 10.5. The molecule has 2 aromatic rings. The van der Waals surface area contributed by atoms with E-state index in [-0.39, 0.29) is 22.6 Å². The predicted octanol–water partition coefficient (Wildman–Crippen LogP) is 2.21. The first-order valence-electron chi connectivity index (χ1n) is 8.09. The second kappa shape index (κ2) is 6.88. The van der Waals surface area contributed by atoms with Gasteiger partial charge in [0.15, 0.2) is 5.16 Å². The van der Waals surface area contributed by atoms with Gasteiger partial charge in [0.2, 0.25) is 5.91 Å². The van der Waals surface area contributed by atoms with Crippen molar-refractivity contribution in [2.24, 2.45) is 0 Å². The number of hydrogen-bond acceptors (Lipinski definition) is 6. The number of carbonyl (C=O) groups is 1. The summed E-state index contributed by atoms with van der Waals surface area (Å²) in [5, 5.41) is 3.17. The van der Waals surface area contributed by atoms with Crippen molar-refractivity contribution in [3.05, 3.63) is 30.0 Å². The Hall–Kier alpha value is -2.13. The average Bonchev–Trinajstić information content (AvgIpc) is 2.57. The number of fused-ring (bicyclic) bond motifs is 3. The van der Waals surface area contributed by atoms with Crippen LogP contribution in [0, 0.1) is 6.92 Å². The SMILES string of the molecule is Cc1ccc2c(c1)-c1nc(SCC(=O)NC(C)C)ncc1S(=O)(=O)N2C. The van der Waals surface area contributed by atoms with Crippen LogP contribution in [0.5, 0.6) is 0 Å². The predicted molar refractivity (Wildman–Crippen MR) is 102 cm³/mol. The Kier molecular flexibility index (Phi) is 4.94. The number of anilines is 1. The minimum absolute atomic E-state index is 0.0584. The van der Waals surface area contributed by atoms with E-state index in [1.165, 1.54) is 29.3 Å². The fourth-order valence-corrected chi connectivity index (χ4v) is 4.62. The van der Waals surface area contributed by atoms with Crippen molar-refractivity contribution >= 4 is 33.4 Å². The number of nitrogens with one attached hydrogen (secondary N) is 1. The monoisotopic (exact) mass is 392 g/mol. The summed E-state index contributed by atoms with van der Waals surface area (Å²) >= 11 is 1.18. The van der Waals surface area contributed by atoms with E-state index in [9.17, 15) is 13.2 Å². The molecule has 1 amide bonds. The summed E-state index contributed by atoms with van der Waals surface area (Å²) in [6, 6.07) is 5.61. The lowest BCUT2D eigenvalue weighted by molar-refractivity contribution is -0.119. The third kappa shape index (κ3) is 3.41. The van der Waals surface area contributed by atoms with Gasteiger partial charge < -0.3 is 5.32 Å². The lowest BCUT2D eigenvalue weighted by Crippen LogP contribution is -2.32. The molecule has 1 aromatic carbocycles. The van der Waals surface area contributed by atoms with Gasteiger partial charge in [0.25, 0.3) is 10.0 Å². The Morgan fingerprint density at radius 3 is 2.77 bits per heavy atom. The van der Waals surface area contributed by atoms with Gasteiger partial charge in [-0.1, -0.05) is 23.4 Å². The minimum atomic E-state index is -3.69. The van der Waals surface area contributed by atoms with Gasteiger partial charge >= 0.3 is 0 Å². The number of hydrogen-bond donors (Lipinski definition) is 1. The van der Waals surface area contributed by atoms with Crippen LogP contribution >= 0.6 is 11.8 Å². The second-order valence-corrected chi connectivity index (χ2v) is 9.25.